The van der Waals surface area contributed by atoms with E-state index in [9.17, 15) is 4.79 Å². The molecule has 3 aromatic heterocycles. The highest BCUT2D eigenvalue weighted by molar-refractivity contribution is 5.97. The predicted octanol–water partition coefficient (Wildman–Crippen LogP) is 3.29. The number of hydrogen-bond donors (Lipinski definition) is 1. The molecule has 142 valence electrons. The molecule has 0 radical (unpaired) electrons. The van der Waals surface area contributed by atoms with Crippen LogP contribution >= 0.6 is 0 Å². The van der Waals surface area contributed by atoms with Crippen LogP contribution in [-0.4, -0.2) is 28.3 Å². The third-order valence-corrected chi connectivity index (χ3v) is 4.56. The molecule has 28 heavy (non-hydrogen) atoms. The summed E-state index contributed by atoms with van der Waals surface area (Å²) in [6, 6.07) is 8.92. The first-order valence-electron chi connectivity index (χ1n) is 8.85. The molecule has 9 nitrogen and oxygen atoms in total. The van der Waals surface area contributed by atoms with Crippen LogP contribution in [0.2, 0.25) is 0 Å². The quantitative estimate of drug-likeness (QED) is 0.542. The molecule has 0 spiro atoms. The van der Waals surface area contributed by atoms with E-state index in [1.54, 1.807) is 19.2 Å². The highest BCUT2D eigenvalue weighted by Crippen LogP contribution is 2.40. The minimum atomic E-state index is -0.393. The number of rotatable bonds is 6. The van der Waals surface area contributed by atoms with Crippen LogP contribution < -0.4 is 10.1 Å². The predicted molar refractivity (Wildman–Crippen MR) is 95.7 cm³/mol. The topological polar surface area (TPSA) is 116 Å². The lowest BCUT2D eigenvalue weighted by molar-refractivity contribution is 0.0920. The second-order valence-electron chi connectivity index (χ2n) is 6.57. The normalized spacial score (nSPS) is 13.8. The fourth-order valence-electron chi connectivity index (χ4n) is 2.94. The molecule has 4 aromatic rings. The second-order valence-corrected chi connectivity index (χ2v) is 6.57. The van der Waals surface area contributed by atoms with E-state index in [1.165, 1.54) is 0 Å². The van der Waals surface area contributed by atoms with Crippen LogP contribution in [0.15, 0.2) is 43.8 Å². The number of nitrogens with zero attached hydrogens (tertiary/aromatic N) is 3. The Morgan fingerprint density at radius 1 is 1.25 bits per heavy atom. The van der Waals surface area contributed by atoms with Crippen LogP contribution in [0.3, 0.4) is 0 Å². The molecule has 0 unspecified atom stereocenters. The number of furan rings is 1. The van der Waals surface area contributed by atoms with Gasteiger partial charge in [0.1, 0.15) is 5.76 Å². The van der Waals surface area contributed by atoms with Crippen molar-refractivity contribution in [2.24, 2.45) is 0 Å². The van der Waals surface area contributed by atoms with Gasteiger partial charge in [-0.1, -0.05) is 22.4 Å². The Morgan fingerprint density at radius 2 is 2.14 bits per heavy atom. The van der Waals surface area contributed by atoms with Gasteiger partial charge in [-0.25, -0.2) is 0 Å². The van der Waals surface area contributed by atoms with E-state index in [2.05, 4.69) is 20.6 Å². The first-order chi connectivity index (χ1) is 13.7. The van der Waals surface area contributed by atoms with Gasteiger partial charge in [0.2, 0.25) is 11.7 Å². The van der Waals surface area contributed by atoms with E-state index >= 15 is 0 Å². The van der Waals surface area contributed by atoms with Crippen LogP contribution in [0.4, 0.5) is 0 Å². The number of carbonyl (C=O) groups is 1. The Hall–Kier alpha value is -3.62. The Bertz CT molecular complexity index is 1150. The van der Waals surface area contributed by atoms with Crippen molar-refractivity contribution in [3.05, 3.63) is 47.7 Å². The van der Waals surface area contributed by atoms with Crippen LogP contribution in [0, 0.1) is 0 Å². The van der Waals surface area contributed by atoms with Crippen molar-refractivity contribution >= 4 is 16.9 Å². The molecule has 5 rings (SSSR count). The van der Waals surface area contributed by atoms with Gasteiger partial charge in [-0.2, -0.15) is 4.98 Å². The highest BCUT2D eigenvalue weighted by atomic mass is 16.5. The third kappa shape index (κ3) is 3.00. The van der Waals surface area contributed by atoms with Gasteiger partial charge in [0, 0.05) is 17.4 Å². The van der Waals surface area contributed by atoms with Gasteiger partial charge in [-0.05, 0) is 25.0 Å². The Labute approximate surface area is 158 Å². The first kappa shape index (κ1) is 16.5. The van der Waals surface area contributed by atoms with Gasteiger partial charge < -0.3 is 23.5 Å². The van der Waals surface area contributed by atoms with Gasteiger partial charge in [-0.15, -0.1) is 0 Å². The Morgan fingerprint density at radius 3 is 2.96 bits per heavy atom. The number of methoxy groups -OCH3 is 1. The lowest BCUT2D eigenvalue weighted by Gasteiger charge is -1.99. The fourth-order valence-corrected chi connectivity index (χ4v) is 2.94. The largest absolute Gasteiger partial charge is 0.493 e. The van der Waals surface area contributed by atoms with E-state index < -0.39 is 5.91 Å². The van der Waals surface area contributed by atoms with Gasteiger partial charge in [-0.3, -0.25) is 4.79 Å². The summed E-state index contributed by atoms with van der Waals surface area (Å²) in [5, 5.41) is 11.3. The summed E-state index contributed by atoms with van der Waals surface area (Å²) in [4.78, 5) is 16.6. The zero-order valence-corrected chi connectivity index (χ0v) is 15.0. The van der Waals surface area contributed by atoms with Crippen molar-refractivity contribution in [1.82, 2.24) is 20.6 Å². The van der Waals surface area contributed by atoms with E-state index in [0.717, 1.165) is 24.0 Å². The van der Waals surface area contributed by atoms with Gasteiger partial charge in [0.15, 0.2) is 22.8 Å². The molecule has 3 heterocycles. The number of benzene rings is 1. The number of fused-ring (bicyclic) bond motifs is 1. The van der Waals surface area contributed by atoms with Crippen LogP contribution in [0.1, 0.15) is 41.0 Å². The molecule has 0 aliphatic heterocycles. The monoisotopic (exact) mass is 380 g/mol. The van der Waals surface area contributed by atoms with E-state index in [0.29, 0.717) is 28.8 Å². The van der Waals surface area contributed by atoms with Crippen LogP contribution in [-0.2, 0) is 6.54 Å². The molecule has 0 saturated heterocycles. The van der Waals surface area contributed by atoms with Gasteiger partial charge in [0.05, 0.1) is 13.7 Å². The third-order valence-electron chi connectivity index (χ3n) is 4.56. The minimum Gasteiger partial charge on any atom is -0.493 e. The van der Waals surface area contributed by atoms with Crippen molar-refractivity contribution in [3.63, 3.8) is 0 Å². The highest BCUT2D eigenvalue weighted by Gasteiger charge is 2.28. The van der Waals surface area contributed by atoms with E-state index in [-0.39, 0.29) is 18.2 Å². The zero-order chi connectivity index (χ0) is 19.1. The molecule has 1 amide bonds. The number of carbonyl (C=O) groups excluding carboxylic acids is 1. The number of hydrogen-bond acceptors (Lipinski definition) is 8. The van der Waals surface area contributed by atoms with Crippen molar-refractivity contribution < 1.29 is 23.0 Å². The minimum absolute atomic E-state index is 0.0628. The van der Waals surface area contributed by atoms with Crippen LogP contribution in [0.25, 0.3) is 22.5 Å². The lowest BCUT2D eigenvalue weighted by Crippen LogP contribution is -2.22. The molecule has 1 aliphatic carbocycles. The molecule has 0 bridgehead atoms. The van der Waals surface area contributed by atoms with Gasteiger partial charge >= 0.3 is 0 Å². The average molecular weight is 380 g/mol. The second kappa shape index (κ2) is 6.52. The average Bonchev–Trinajstić information content (AvgIpc) is 3.14. The zero-order valence-electron chi connectivity index (χ0n) is 15.0. The van der Waals surface area contributed by atoms with Crippen molar-refractivity contribution in [3.8, 4) is 17.3 Å². The van der Waals surface area contributed by atoms with Crippen molar-refractivity contribution in [2.45, 2.75) is 25.3 Å². The Kier molecular flexibility index (Phi) is 3.85. The molecule has 1 N–H and O–H groups in total. The number of nitrogens with one attached hydrogen (secondary N) is 1. The maximum atomic E-state index is 12.4. The summed E-state index contributed by atoms with van der Waals surface area (Å²) in [6.45, 7) is 0.0628. The van der Waals surface area contributed by atoms with E-state index in [4.69, 9.17) is 18.2 Å². The lowest BCUT2D eigenvalue weighted by atomic mass is 10.2. The number of amides is 1. The number of ether oxygens (including phenoxy) is 1. The summed E-state index contributed by atoms with van der Waals surface area (Å²) in [5.74, 6) is 2.22. The van der Waals surface area contributed by atoms with Crippen LogP contribution in [0.5, 0.6) is 5.75 Å². The summed E-state index contributed by atoms with van der Waals surface area (Å²) in [6.07, 6.45) is 2.23. The number of aromatic nitrogens is 3. The molecule has 9 heteroatoms. The molecular weight excluding hydrogens is 364 g/mol. The Balaban J connectivity index is 1.27. The summed E-state index contributed by atoms with van der Waals surface area (Å²) >= 11 is 0. The molecular formula is C19H16N4O5. The van der Waals surface area contributed by atoms with E-state index in [1.807, 2.05) is 18.2 Å². The molecule has 1 aliphatic rings. The molecule has 1 aromatic carbocycles. The summed E-state index contributed by atoms with van der Waals surface area (Å²) in [7, 11) is 1.55. The number of para-hydroxylation sites is 1. The molecule has 0 atom stereocenters. The van der Waals surface area contributed by atoms with Gasteiger partial charge in [0.25, 0.3) is 5.91 Å². The van der Waals surface area contributed by atoms with Crippen molar-refractivity contribution in [1.29, 1.82) is 0 Å². The standard InChI is InChI=1S/C19H16N4O5/c1-25-13-4-2-3-11-7-15(26-17(11)13)19(24)20-9-16-21-18(23-28-16)12-8-14(27-22-12)10-5-6-10/h2-4,7-8,10H,5-6,9H2,1H3,(H,20,24). The molecule has 1 fully saturated rings. The maximum absolute atomic E-state index is 12.4. The smallest absolute Gasteiger partial charge is 0.287 e. The summed E-state index contributed by atoms with van der Waals surface area (Å²) < 4.78 is 21.3. The molecule has 1 saturated carbocycles. The summed E-state index contributed by atoms with van der Waals surface area (Å²) in [5.41, 5.74) is 1.04. The van der Waals surface area contributed by atoms with Crippen molar-refractivity contribution in [2.75, 3.05) is 7.11 Å². The first-order valence-corrected chi connectivity index (χ1v) is 8.85. The maximum Gasteiger partial charge on any atom is 0.287 e. The SMILES string of the molecule is COc1cccc2cc(C(=O)NCc3nc(-c4cc(C5CC5)on4)no3)oc12. The fraction of sp³-hybridized carbons (Fsp3) is 0.263.